The van der Waals surface area contributed by atoms with Crippen LogP contribution in [0, 0.1) is 0 Å². The normalized spacial score (nSPS) is 19.3. The maximum Gasteiger partial charge on any atom is 0.323 e. The van der Waals surface area contributed by atoms with Gasteiger partial charge in [0.25, 0.3) is 0 Å². The number of aliphatic carboxylic acids is 2. The Hall–Kier alpha value is -3.36. The second-order valence-electron chi connectivity index (χ2n) is 8.65. The number of amides is 1. The lowest BCUT2D eigenvalue weighted by molar-refractivity contribution is -0.147. The summed E-state index contributed by atoms with van der Waals surface area (Å²) in [5.41, 5.74) is 1.89. The first kappa shape index (κ1) is 24.8. The van der Waals surface area contributed by atoms with E-state index in [4.69, 9.17) is 0 Å². The number of thioether (sulfide) groups is 1. The smallest absolute Gasteiger partial charge is 0.323 e. The highest BCUT2D eigenvalue weighted by molar-refractivity contribution is 7.99. The molecule has 182 valence electrons. The van der Waals surface area contributed by atoms with E-state index in [0.717, 1.165) is 21.9 Å². The Kier molecular flexibility index (Phi) is 8.05. The summed E-state index contributed by atoms with van der Waals surface area (Å²) in [6.07, 6.45) is 0.873. The topological polar surface area (TPSA) is 107 Å². The predicted molar refractivity (Wildman–Crippen MR) is 136 cm³/mol. The van der Waals surface area contributed by atoms with Gasteiger partial charge in [-0.25, -0.2) is 0 Å². The minimum absolute atomic E-state index is 0.320. The molecule has 0 bridgehead atoms. The molecule has 0 saturated carbocycles. The van der Waals surface area contributed by atoms with E-state index in [1.165, 1.54) is 16.7 Å². The molecule has 1 fully saturated rings. The standard InChI is InChI=1S/C27H28N2O5S/c30-25(31)15-29-24(21-12-11-19-8-4-5-9-20(19)14-21)17-35-16-23(26(29)32)28-22(27(33)34)13-10-18-6-2-1-3-7-18/h1-9,11-12,14,22-24,28H,10,13,15-17H2,(H,30,31)(H,33,34). The van der Waals surface area contributed by atoms with Crippen LogP contribution in [0.2, 0.25) is 0 Å². The van der Waals surface area contributed by atoms with Gasteiger partial charge in [0.05, 0.1) is 12.1 Å². The summed E-state index contributed by atoms with van der Waals surface area (Å²) in [4.78, 5) is 38.6. The van der Waals surface area contributed by atoms with Gasteiger partial charge in [-0.3, -0.25) is 19.7 Å². The van der Waals surface area contributed by atoms with Crippen molar-refractivity contribution in [3.8, 4) is 0 Å². The molecule has 0 radical (unpaired) electrons. The van der Waals surface area contributed by atoms with Crippen molar-refractivity contribution in [2.45, 2.75) is 31.0 Å². The Bertz CT molecular complexity index is 1200. The molecular weight excluding hydrogens is 464 g/mol. The van der Waals surface area contributed by atoms with Crippen molar-refractivity contribution in [1.29, 1.82) is 0 Å². The van der Waals surface area contributed by atoms with E-state index in [9.17, 15) is 24.6 Å². The number of rotatable bonds is 9. The Labute approximate surface area is 208 Å². The summed E-state index contributed by atoms with van der Waals surface area (Å²) in [6, 6.07) is 21.2. The fourth-order valence-corrected chi connectivity index (χ4v) is 5.64. The Morgan fingerprint density at radius 2 is 1.69 bits per heavy atom. The van der Waals surface area contributed by atoms with Gasteiger partial charge in [0, 0.05) is 11.5 Å². The summed E-state index contributed by atoms with van der Waals surface area (Å²) >= 11 is 1.52. The van der Waals surface area contributed by atoms with Crippen LogP contribution in [0.5, 0.6) is 0 Å². The molecule has 3 N–H and O–H groups in total. The number of carboxylic acids is 2. The number of carbonyl (C=O) groups excluding carboxylic acids is 1. The lowest BCUT2D eigenvalue weighted by Gasteiger charge is -2.31. The minimum atomic E-state index is -1.10. The van der Waals surface area contributed by atoms with Gasteiger partial charge in [0.1, 0.15) is 12.6 Å². The molecule has 0 aliphatic carbocycles. The van der Waals surface area contributed by atoms with Crippen LogP contribution in [0.3, 0.4) is 0 Å². The number of aryl methyl sites for hydroxylation is 1. The van der Waals surface area contributed by atoms with E-state index in [1.54, 1.807) is 0 Å². The monoisotopic (exact) mass is 492 g/mol. The van der Waals surface area contributed by atoms with Crippen LogP contribution >= 0.6 is 11.8 Å². The van der Waals surface area contributed by atoms with Gasteiger partial charge in [-0.2, -0.15) is 11.8 Å². The molecule has 3 unspecified atom stereocenters. The third kappa shape index (κ3) is 6.21. The van der Waals surface area contributed by atoms with Crippen LogP contribution in [-0.4, -0.2) is 63.1 Å². The lowest BCUT2D eigenvalue weighted by Crippen LogP contribution is -2.53. The number of nitrogens with zero attached hydrogens (tertiary/aromatic N) is 1. The number of hydrogen-bond acceptors (Lipinski definition) is 5. The number of carbonyl (C=O) groups is 3. The molecule has 3 aromatic rings. The number of carboxylic acid groups (broad SMARTS) is 2. The summed E-state index contributed by atoms with van der Waals surface area (Å²) in [5.74, 6) is -1.63. The maximum atomic E-state index is 13.6. The van der Waals surface area contributed by atoms with Crippen LogP contribution < -0.4 is 5.32 Å². The number of hydrogen-bond donors (Lipinski definition) is 3. The molecule has 8 heteroatoms. The molecular formula is C27H28N2O5S. The molecule has 1 amide bonds. The van der Waals surface area contributed by atoms with Gasteiger partial charge in [-0.05, 0) is 40.8 Å². The van der Waals surface area contributed by atoms with Crippen molar-refractivity contribution in [3.63, 3.8) is 0 Å². The van der Waals surface area contributed by atoms with Gasteiger partial charge >= 0.3 is 11.9 Å². The molecule has 1 aliphatic rings. The van der Waals surface area contributed by atoms with Crippen LogP contribution in [0.25, 0.3) is 10.8 Å². The van der Waals surface area contributed by atoms with Crippen molar-refractivity contribution in [3.05, 3.63) is 83.9 Å². The summed E-state index contributed by atoms with van der Waals surface area (Å²) in [6.45, 7) is -0.448. The number of nitrogens with one attached hydrogen (secondary N) is 1. The second-order valence-corrected chi connectivity index (χ2v) is 9.73. The molecule has 3 aromatic carbocycles. The van der Waals surface area contributed by atoms with Gasteiger partial charge in [-0.1, -0.05) is 66.7 Å². The first-order chi connectivity index (χ1) is 16.9. The molecule has 1 saturated heterocycles. The second kappa shape index (κ2) is 11.4. The quantitative estimate of drug-likeness (QED) is 0.419. The van der Waals surface area contributed by atoms with Crippen LogP contribution in [-0.2, 0) is 20.8 Å². The van der Waals surface area contributed by atoms with Crippen LogP contribution in [0.4, 0.5) is 0 Å². The maximum absolute atomic E-state index is 13.6. The SMILES string of the molecule is O=C(O)CN1C(=O)C(NC(CCc2ccccc2)C(=O)O)CSCC1c1ccc2ccccc2c1. The zero-order chi connectivity index (χ0) is 24.8. The molecule has 0 spiro atoms. The molecule has 4 rings (SSSR count). The van der Waals surface area contributed by atoms with E-state index in [2.05, 4.69) is 5.32 Å². The van der Waals surface area contributed by atoms with Crippen molar-refractivity contribution >= 4 is 40.4 Å². The Morgan fingerprint density at radius 1 is 0.971 bits per heavy atom. The molecule has 0 aromatic heterocycles. The molecule has 7 nitrogen and oxygen atoms in total. The van der Waals surface area contributed by atoms with Crippen molar-refractivity contribution in [2.75, 3.05) is 18.1 Å². The first-order valence-electron chi connectivity index (χ1n) is 11.5. The van der Waals surface area contributed by atoms with Crippen molar-refractivity contribution in [2.24, 2.45) is 0 Å². The summed E-state index contributed by atoms with van der Waals surface area (Å²) < 4.78 is 0. The predicted octanol–water partition coefficient (Wildman–Crippen LogP) is 3.59. The Balaban J connectivity index is 1.55. The van der Waals surface area contributed by atoms with E-state index in [-0.39, 0.29) is 5.91 Å². The Morgan fingerprint density at radius 3 is 2.40 bits per heavy atom. The highest BCUT2D eigenvalue weighted by atomic mass is 32.2. The number of benzene rings is 3. The zero-order valence-corrected chi connectivity index (χ0v) is 20.0. The fraction of sp³-hybridized carbons (Fsp3) is 0.296. The highest BCUT2D eigenvalue weighted by Gasteiger charge is 2.37. The number of fused-ring (bicyclic) bond motifs is 1. The highest BCUT2D eigenvalue weighted by Crippen LogP contribution is 2.31. The van der Waals surface area contributed by atoms with Gasteiger partial charge in [0.15, 0.2) is 0 Å². The molecule has 1 heterocycles. The third-order valence-corrected chi connectivity index (χ3v) is 7.37. The summed E-state index contributed by atoms with van der Waals surface area (Å²) in [5, 5.41) is 24.5. The van der Waals surface area contributed by atoms with Gasteiger partial charge in [-0.15, -0.1) is 0 Å². The zero-order valence-electron chi connectivity index (χ0n) is 19.2. The fourth-order valence-electron chi connectivity index (χ4n) is 4.43. The van der Waals surface area contributed by atoms with Gasteiger partial charge < -0.3 is 15.1 Å². The molecule has 35 heavy (non-hydrogen) atoms. The third-order valence-electron chi connectivity index (χ3n) is 6.25. The van der Waals surface area contributed by atoms with Crippen molar-refractivity contribution < 1.29 is 24.6 Å². The lowest BCUT2D eigenvalue weighted by atomic mass is 10.0. The first-order valence-corrected chi connectivity index (χ1v) is 12.7. The summed E-state index contributed by atoms with van der Waals surface area (Å²) in [7, 11) is 0. The largest absolute Gasteiger partial charge is 0.480 e. The average Bonchev–Trinajstić information content (AvgIpc) is 3.00. The molecule has 1 aliphatic heterocycles. The average molecular weight is 493 g/mol. The van der Waals surface area contributed by atoms with Crippen LogP contribution in [0.1, 0.15) is 23.6 Å². The van der Waals surface area contributed by atoms with Crippen molar-refractivity contribution in [1.82, 2.24) is 10.2 Å². The minimum Gasteiger partial charge on any atom is -0.480 e. The van der Waals surface area contributed by atoms with Crippen LogP contribution in [0.15, 0.2) is 72.8 Å². The van der Waals surface area contributed by atoms with E-state index in [1.807, 2.05) is 72.8 Å². The van der Waals surface area contributed by atoms with E-state index < -0.39 is 36.6 Å². The molecule has 3 atom stereocenters. The van der Waals surface area contributed by atoms with Gasteiger partial charge in [0.2, 0.25) is 5.91 Å². The van der Waals surface area contributed by atoms with E-state index in [0.29, 0.717) is 24.3 Å². The van der Waals surface area contributed by atoms with E-state index >= 15 is 0 Å².